The monoisotopic (exact) mass is 321 g/mol. The van der Waals surface area contributed by atoms with Gasteiger partial charge in [-0.05, 0) is 37.3 Å². The van der Waals surface area contributed by atoms with Crippen LogP contribution in [-0.2, 0) is 0 Å². The van der Waals surface area contributed by atoms with Crippen molar-refractivity contribution in [1.82, 2.24) is 0 Å². The minimum absolute atomic E-state index is 0.506. The molecule has 0 aromatic heterocycles. The van der Waals surface area contributed by atoms with E-state index in [4.69, 9.17) is 23.2 Å². The van der Waals surface area contributed by atoms with Crippen LogP contribution in [0.15, 0.2) is 16.6 Å². The second-order valence-electron chi connectivity index (χ2n) is 4.50. The van der Waals surface area contributed by atoms with Gasteiger partial charge in [-0.15, -0.1) is 0 Å². The van der Waals surface area contributed by atoms with Crippen molar-refractivity contribution in [2.45, 2.75) is 32.2 Å². The molecule has 1 aromatic carbocycles. The van der Waals surface area contributed by atoms with Gasteiger partial charge in [-0.2, -0.15) is 0 Å². The zero-order chi connectivity index (χ0) is 11.7. The molecular formula is C12H14BrCl2N. The summed E-state index contributed by atoms with van der Waals surface area (Å²) in [7, 11) is 0. The normalized spacial score (nSPS) is 24.8. The molecule has 88 valence electrons. The molecule has 2 rings (SSSR count). The Morgan fingerprint density at radius 1 is 1.25 bits per heavy atom. The van der Waals surface area contributed by atoms with E-state index in [9.17, 15) is 0 Å². The van der Waals surface area contributed by atoms with Gasteiger partial charge in [0.15, 0.2) is 0 Å². The van der Waals surface area contributed by atoms with Crippen molar-refractivity contribution >= 4 is 44.8 Å². The third-order valence-electron chi connectivity index (χ3n) is 3.05. The maximum absolute atomic E-state index is 6.17. The quantitative estimate of drug-likeness (QED) is 0.773. The molecule has 1 N–H and O–H groups in total. The lowest BCUT2D eigenvalue weighted by Gasteiger charge is -2.16. The zero-order valence-corrected chi connectivity index (χ0v) is 12.2. The molecule has 1 saturated carbocycles. The second kappa shape index (κ2) is 5.16. The van der Waals surface area contributed by atoms with Gasteiger partial charge in [-0.3, -0.25) is 0 Å². The van der Waals surface area contributed by atoms with Gasteiger partial charge in [-0.25, -0.2) is 0 Å². The fourth-order valence-electron chi connectivity index (χ4n) is 2.22. The fourth-order valence-corrected chi connectivity index (χ4v) is 3.54. The first-order chi connectivity index (χ1) is 7.56. The Hall–Kier alpha value is 0.0800. The van der Waals surface area contributed by atoms with Crippen molar-refractivity contribution in [2.75, 3.05) is 5.32 Å². The first-order valence-corrected chi connectivity index (χ1v) is 7.02. The molecule has 2 atom stereocenters. The third-order valence-corrected chi connectivity index (χ3v) is 4.10. The summed E-state index contributed by atoms with van der Waals surface area (Å²) in [6.07, 6.45) is 3.68. The molecule has 1 nitrogen and oxygen atoms in total. The molecule has 1 aliphatic rings. The van der Waals surface area contributed by atoms with Crippen molar-refractivity contribution in [3.63, 3.8) is 0 Å². The topological polar surface area (TPSA) is 12.0 Å². The van der Waals surface area contributed by atoms with Crippen LogP contribution in [0.2, 0.25) is 10.0 Å². The van der Waals surface area contributed by atoms with Gasteiger partial charge in [0, 0.05) is 10.5 Å². The summed E-state index contributed by atoms with van der Waals surface area (Å²) in [5, 5.41) is 4.81. The summed E-state index contributed by atoms with van der Waals surface area (Å²) in [4.78, 5) is 0. The largest absolute Gasteiger partial charge is 0.380 e. The second-order valence-corrected chi connectivity index (χ2v) is 6.23. The van der Waals surface area contributed by atoms with Gasteiger partial charge in [0.1, 0.15) is 0 Å². The zero-order valence-electron chi connectivity index (χ0n) is 9.06. The van der Waals surface area contributed by atoms with Crippen molar-refractivity contribution < 1.29 is 0 Å². The van der Waals surface area contributed by atoms with Gasteiger partial charge >= 0.3 is 0 Å². The summed E-state index contributed by atoms with van der Waals surface area (Å²) >= 11 is 15.7. The van der Waals surface area contributed by atoms with Crippen LogP contribution >= 0.6 is 39.1 Å². The highest BCUT2D eigenvalue weighted by atomic mass is 79.9. The van der Waals surface area contributed by atoms with Crippen LogP contribution in [0, 0.1) is 5.92 Å². The van der Waals surface area contributed by atoms with Gasteiger partial charge in [0.05, 0.1) is 15.7 Å². The molecule has 0 bridgehead atoms. The lowest BCUT2D eigenvalue weighted by molar-refractivity contribution is 0.602. The maximum Gasteiger partial charge on any atom is 0.0721 e. The van der Waals surface area contributed by atoms with E-state index in [0.29, 0.717) is 16.1 Å². The Morgan fingerprint density at radius 2 is 1.88 bits per heavy atom. The van der Waals surface area contributed by atoms with Crippen molar-refractivity contribution in [3.8, 4) is 0 Å². The van der Waals surface area contributed by atoms with Crippen molar-refractivity contribution in [3.05, 3.63) is 26.7 Å². The van der Waals surface area contributed by atoms with Crippen LogP contribution in [0.3, 0.4) is 0 Å². The number of benzene rings is 1. The van der Waals surface area contributed by atoms with Crippen LogP contribution in [0.1, 0.15) is 26.2 Å². The minimum Gasteiger partial charge on any atom is -0.380 e. The molecule has 1 aromatic rings. The van der Waals surface area contributed by atoms with E-state index in [1.54, 1.807) is 0 Å². The van der Waals surface area contributed by atoms with Crippen molar-refractivity contribution in [2.24, 2.45) is 5.92 Å². The van der Waals surface area contributed by atoms with E-state index in [2.05, 4.69) is 28.2 Å². The minimum atomic E-state index is 0.506. The molecule has 0 saturated heterocycles. The molecular weight excluding hydrogens is 309 g/mol. The number of nitrogens with one attached hydrogen (secondary N) is 1. The molecule has 0 amide bonds. The summed E-state index contributed by atoms with van der Waals surface area (Å²) < 4.78 is 0.910. The molecule has 0 radical (unpaired) electrons. The van der Waals surface area contributed by atoms with Crippen LogP contribution in [0.4, 0.5) is 5.69 Å². The number of anilines is 1. The molecule has 0 heterocycles. The molecule has 2 unspecified atom stereocenters. The number of hydrogen-bond donors (Lipinski definition) is 1. The average molecular weight is 323 g/mol. The van der Waals surface area contributed by atoms with E-state index in [1.807, 2.05) is 12.1 Å². The molecule has 1 fully saturated rings. The highest BCUT2D eigenvalue weighted by Gasteiger charge is 2.22. The lowest BCUT2D eigenvalue weighted by Crippen LogP contribution is -2.15. The van der Waals surface area contributed by atoms with E-state index >= 15 is 0 Å². The average Bonchev–Trinajstić information content (AvgIpc) is 2.58. The van der Waals surface area contributed by atoms with Gasteiger partial charge in [-0.1, -0.05) is 46.1 Å². The Morgan fingerprint density at radius 3 is 2.38 bits per heavy atom. The summed E-state index contributed by atoms with van der Waals surface area (Å²) in [6.45, 7) is 2.28. The van der Waals surface area contributed by atoms with E-state index in [1.165, 1.54) is 19.3 Å². The highest BCUT2D eigenvalue weighted by molar-refractivity contribution is 9.10. The Bertz CT molecular complexity index is 372. The Balaban J connectivity index is 2.15. The summed E-state index contributed by atoms with van der Waals surface area (Å²) in [6, 6.07) is 4.24. The van der Waals surface area contributed by atoms with Gasteiger partial charge in [0.2, 0.25) is 0 Å². The Labute approximate surface area is 115 Å². The van der Waals surface area contributed by atoms with Crippen LogP contribution in [-0.4, -0.2) is 6.04 Å². The predicted molar refractivity (Wildman–Crippen MR) is 74.6 cm³/mol. The SMILES string of the molecule is CC1CCC(Nc2c(Cl)cc(Br)cc2Cl)C1. The number of halogens is 3. The highest BCUT2D eigenvalue weighted by Crippen LogP contribution is 2.36. The maximum atomic E-state index is 6.17. The first kappa shape index (κ1) is 12.5. The van der Waals surface area contributed by atoms with E-state index < -0.39 is 0 Å². The first-order valence-electron chi connectivity index (χ1n) is 5.47. The van der Waals surface area contributed by atoms with Crippen LogP contribution in [0.5, 0.6) is 0 Å². The number of hydrogen-bond acceptors (Lipinski definition) is 1. The van der Waals surface area contributed by atoms with Crippen LogP contribution in [0.25, 0.3) is 0 Å². The van der Waals surface area contributed by atoms with Gasteiger partial charge < -0.3 is 5.32 Å². The smallest absolute Gasteiger partial charge is 0.0721 e. The summed E-state index contributed by atoms with van der Waals surface area (Å²) in [5.41, 5.74) is 0.866. The molecule has 1 aliphatic carbocycles. The fraction of sp³-hybridized carbons (Fsp3) is 0.500. The molecule has 0 spiro atoms. The third kappa shape index (κ3) is 2.85. The molecule has 0 aliphatic heterocycles. The van der Waals surface area contributed by atoms with Crippen molar-refractivity contribution in [1.29, 1.82) is 0 Å². The Kier molecular flexibility index (Phi) is 4.04. The standard InChI is InChI=1S/C12H14BrCl2N/c1-7-2-3-9(4-7)16-12-10(14)5-8(13)6-11(12)15/h5-7,9,16H,2-4H2,1H3. The number of rotatable bonds is 2. The van der Waals surface area contributed by atoms with Crippen LogP contribution < -0.4 is 5.32 Å². The molecule has 4 heteroatoms. The predicted octanol–water partition coefficient (Wildman–Crippen LogP) is 5.36. The lowest BCUT2D eigenvalue weighted by atomic mass is 10.1. The van der Waals surface area contributed by atoms with Gasteiger partial charge in [0.25, 0.3) is 0 Å². The molecule has 16 heavy (non-hydrogen) atoms. The summed E-state index contributed by atoms with van der Waals surface area (Å²) in [5.74, 6) is 0.797. The van der Waals surface area contributed by atoms with E-state index in [-0.39, 0.29) is 0 Å². The van der Waals surface area contributed by atoms with E-state index in [0.717, 1.165) is 16.1 Å².